The lowest BCUT2D eigenvalue weighted by Gasteiger charge is -2.31. The second-order valence-corrected chi connectivity index (χ2v) is 3.79. The van der Waals surface area contributed by atoms with Gasteiger partial charge in [0.2, 0.25) is 0 Å². The molecule has 2 heterocycles. The van der Waals surface area contributed by atoms with Crippen LogP contribution in [-0.2, 0) is 14.3 Å². The third-order valence-corrected chi connectivity index (χ3v) is 2.64. The molecule has 8 heteroatoms. The van der Waals surface area contributed by atoms with E-state index in [1.165, 1.54) is 18.2 Å². The lowest BCUT2D eigenvalue weighted by atomic mass is 10.2. The summed E-state index contributed by atoms with van der Waals surface area (Å²) >= 11 is 0. The standard InChI is InChI=1S/C10H13N3O5/c1-17-9(15)7-5-13(2-3-18-7)8(14)6-4-11-10(16)12-6/h4,7H,2-3,5H2,1H3,(H2,11,12,16). The van der Waals surface area contributed by atoms with Gasteiger partial charge >= 0.3 is 11.7 Å². The summed E-state index contributed by atoms with van der Waals surface area (Å²) in [5, 5.41) is 0. The van der Waals surface area contributed by atoms with Crippen molar-refractivity contribution in [2.45, 2.75) is 6.10 Å². The van der Waals surface area contributed by atoms with Gasteiger partial charge in [0.15, 0.2) is 6.10 Å². The number of ether oxygens (including phenoxy) is 2. The van der Waals surface area contributed by atoms with E-state index in [1.54, 1.807) is 0 Å². The highest BCUT2D eigenvalue weighted by atomic mass is 16.6. The van der Waals surface area contributed by atoms with Crippen molar-refractivity contribution < 1.29 is 19.1 Å². The van der Waals surface area contributed by atoms with Gasteiger partial charge in [-0.3, -0.25) is 4.79 Å². The molecule has 8 nitrogen and oxygen atoms in total. The van der Waals surface area contributed by atoms with Crippen LogP contribution in [0.1, 0.15) is 10.5 Å². The lowest BCUT2D eigenvalue weighted by molar-refractivity contribution is -0.158. The molecule has 0 spiro atoms. The average Bonchev–Trinajstić information content (AvgIpc) is 2.83. The molecule has 0 aromatic carbocycles. The highest BCUT2D eigenvalue weighted by Crippen LogP contribution is 2.09. The molecule has 18 heavy (non-hydrogen) atoms. The molecule has 1 aromatic heterocycles. The number of aromatic nitrogens is 2. The van der Waals surface area contributed by atoms with Gasteiger partial charge in [0, 0.05) is 12.7 Å². The number of imidazole rings is 1. The molecule has 1 aliphatic rings. The quantitative estimate of drug-likeness (QED) is 0.640. The Morgan fingerprint density at radius 2 is 2.33 bits per heavy atom. The molecular formula is C10H13N3O5. The summed E-state index contributed by atoms with van der Waals surface area (Å²) in [4.78, 5) is 40.4. The van der Waals surface area contributed by atoms with E-state index in [2.05, 4.69) is 14.7 Å². The summed E-state index contributed by atoms with van der Waals surface area (Å²) in [6.45, 7) is 0.721. The first-order chi connectivity index (χ1) is 8.61. The number of nitrogens with zero attached hydrogens (tertiary/aromatic N) is 1. The molecule has 1 saturated heterocycles. The second-order valence-electron chi connectivity index (χ2n) is 3.79. The SMILES string of the molecule is COC(=O)C1CN(C(=O)c2c[nH]c(=O)[nH]2)CCO1. The number of methoxy groups -OCH3 is 1. The van der Waals surface area contributed by atoms with Crippen molar-refractivity contribution in [1.29, 1.82) is 0 Å². The Balaban J connectivity index is 2.07. The summed E-state index contributed by atoms with van der Waals surface area (Å²) in [5.74, 6) is -0.874. The van der Waals surface area contributed by atoms with E-state index in [0.717, 1.165) is 0 Å². The fourth-order valence-electron chi connectivity index (χ4n) is 1.73. The van der Waals surface area contributed by atoms with Crippen LogP contribution >= 0.6 is 0 Å². The molecule has 1 aliphatic heterocycles. The third-order valence-electron chi connectivity index (χ3n) is 2.64. The third kappa shape index (κ3) is 2.43. The minimum atomic E-state index is -0.779. The van der Waals surface area contributed by atoms with Crippen molar-refractivity contribution in [3.8, 4) is 0 Å². The molecular weight excluding hydrogens is 242 g/mol. The average molecular weight is 255 g/mol. The number of nitrogens with one attached hydrogen (secondary N) is 2. The van der Waals surface area contributed by atoms with Crippen LogP contribution in [0.25, 0.3) is 0 Å². The van der Waals surface area contributed by atoms with E-state index < -0.39 is 17.8 Å². The van der Waals surface area contributed by atoms with Crippen molar-refractivity contribution in [3.05, 3.63) is 22.4 Å². The fourth-order valence-corrected chi connectivity index (χ4v) is 1.73. The highest BCUT2D eigenvalue weighted by Gasteiger charge is 2.30. The maximum Gasteiger partial charge on any atom is 0.336 e. The Labute approximate surface area is 102 Å². The van der Waals surface area contributed by atoms with Crippen molar-refractivity contribution in [3.63, 3.8) is 0 Å². The van der Waals surface area contributed by atoms with Crippen LogP contribution in [0, 0.1) is 0 Å². The van der Waals surface area contributed by atoms with E-state index >= 15 is 0 Å². The Bertz CT molecular complexity index is 506. The van der Waals surface area contributed by atoms with Crippen LogP contribution in [0.5, 0.6) is 0 Å². The number of carbonyl (C=O) groups excluding carboxylic acids is 2. The summed E-state index contributed by atoms with van der Waals surface area (Å²) in [7, 11) is 1.26. The molecule has 2 N–H and O–H groups in total. The zero-order valence-corrected chi connectivity index (χ0v) is 9.76. The van der Waals surface area contributed by atoms with E-state index in [1.807, 2.05) is 0 Å². The Hall–Kier alpha value is -2.09. The first kappa shape index (κ1) is 12.4. The van der Waals surface area contributed by atoms with E-state index in [9.17, 15) is 14.4 Å². The van der Waals surface area contributed by atoms with Gasteiger partial charge < -0.3 is 24.3 Å². The van der Waals surface area contributed by atoms with Crippen molar-refractivity contribution >= 4 is 11.9 Å². The smallest absolute Gasteiger partial charge is 0.336 e. The van der Waals surface area contributed by atoms with Crippen LogP contribution in [-0.4, -0.2) is 59.7 Å². The first-order valence-electron chi connectivity index (χ1n) is 5.38. The van der Waals surface area contributed by atoms with Crippen LogP contribution in [0.15, 0.2) is 11.0 Å². The molecule has 0 radical (unpaired) electrons. The zero-order valence-electron chi connectivity index (χ0n) is 9.76. The van der Waals surface area contributed by atoms with Gasteiger partial charge in [-0.2, -0.15) is 0 Å². The van der Waals surface area contributed by atoms with Gasteiger partial charge in [0.25, 0.3) is 5.91 Å². The minimum absolute atomic E-state index is 0.110. The van der Waals surface area contributed by atoms with Crippen LogP contribution in [0.2, 0.25) is 0 Å². The predicted octanol–water partition coefficient (Wildman–Crippen LogP) is -1.28. The van der Waals surface area contributed by atoms with Gasteiger partial charge in [-0.1, -0.05) is 0 Å². The number of morpholine rings is 1. The molecule has 1 unspecified atom stereocenters. The number of hydrogen-bond acceptors (Lipinski definition) is 5. The number of rotatable bonds is 2. The highest BCUT2D eigenvalue weighted by molar-refractivity contribution is 5.92. The van der Waals surface area contributed by atoms with Crippen molar-refractivity contribution in [2.75, 3.05) is 26.8 Å². The van der Waals surface area contributed by atoms with Gasteiger partial charge in [0.1, 0.15) is 5.69 Å². The van der Waals surface area contributed by atoms with Crippen molar-refractivity contribution in [2.24, 2.45) is 0 Å². The first-order valence-corrected chi connectivity index (χ1v) is 5.38. The lowest BCUT2D eigenvalue weighted by Crippen LogP contribution is -2.49. The molecule has 1 fully saturated rings. The Morgan fingerprint density at radius 1 is 1.56 bits per heavy atom. The Morgan fingerprint density at radius 3 is 2.94 bits per heavy atom. The zero-order chi connectivity index (χ0) is 13.1. The number of aromatic amines is 2. The normalized spacial score (nSPS) is 19.6. The molecule has 0 aliphatic carbocycles. The molecule has 1 atom stereocenters. The number of amides is 1. The van der Waals surface area contributed by atoms with Crippen molar-refractivity contribution in [1.82, 2.24) is 14.9 Å². The van der Waals surface area contributed by atoms with E-state index in [4.69, 9.17) is 4.74 Å². The molecule has 0 bridgehead atoms. The van der Waals surface area contributed by atoms with Crippen LogP contribution in [0.3, 0.4) is 0 Å². The van der Waals surface area contributed by atoms with Crippen LogP contribution in [0.4, 0.5) is 0 Å². The summed E-state index contributed by atoms with van der Waals surface area (Å²) in [5.41, 5.74) is -0.290. The number of carbonyl (C=O) groups is 2. The topological polar surface area (TPSA) is 104 Å². The van der Waals surface area contributed by atoms with Crippen LogP contribution < -0.4 is 5.69 Å². The number of hydrogen-bond donors (Lipinski definition) is 2. The maximum atomic E-state index is 12.0. The van der Waals surface area contributed by atoms with Gasteiger partial charge in [-0.15, -0.1) is 0 Å². The van der Waals surface area contributed by atoms with Gasteiger partial charge in [-0.25, -0.2) is 9.59 Å². The number of esters is 1. The predicted molar refractivity (Wildman–Crippen MR) is 59.1 cm³/mol. The molecule has 1 amide bonds. The number of H-pyrrole nitrogens is 2. The second kappa shape index (κ2) is 5.05. The van der Waals surface area contributed by atoms with E-state index in [0.29, 0.717) is 6.54 Å². The molecule has 0 saturated carbocycles. The Kier molecular flexibility index (Phi) is 3.47. The van der Waals surface area contributed by atoms with Gasteiger partial charge in [0.05, 0.1) is 20.3 Å². The summed E-state index contributed by atoms with van der Waals surface area (Å²) in [6.07, 6.45) is 0.520. The molecule has 98 valence electrons. The maximum absolute atomic E-state index is 12.0. The van der Waals surface area contributed by atoms with Gasteiger partial charge in [-0.05, 0) is 0 Å². The minimum Gasteiger partial charge on any atom is -0.467 e. The molecule has 1 aromatic rings. The molecule has 2 rings (SSSR count). The van der Waals surface area contributed by atoms with E-state index in [-0.39, 0.29) is 24.8 Å². The fraction of sp³-hybridized carbons (Fsp3) is 0.500. The largest absolute Gasteiger partial charge is 0.467 e. The monoisotopic (exact) mass is 255 g/mol. The summed E-state index contributed by atoms with van der Waals surface area (Å²) in [6, 6.07) is 0. The summed E-state index contributed by atoms with van der Waals surface area (Å²) < 4.78 is 9.77.